The number of rotatable bonds is 2. The van der Waals surface area contributed by atoms with Crippen LogP contribution in [0.1, 0.15) is 11.3 Å². The maximum atomic E-state index is 13.5. The second-order valence-electron chi connectivity index (χ2n) is 4.89. The predicted octanol–water partition coefficient (Wildman–Crippen LogP) is 1.60. The van der Waals surface area contributed by atoms with Gasteiger partial charge in [0.25, 0.3) is 11.8 Å². The molecule has 3 N–H and O–H groups in total. The average Bonchev–Trinajstić information content (AvgIpc) is 3.17. The number of H-pyrrole nitrogens is 2. The SMILES string of the molecule is O=C1NC(=O)C(c2c[nH]c3ccc(F)cc23)=C1c1cnc[nH]1. The Kier molecular flexibility index (Phi) is 2.50. The average molecular weight is 296 g/mol. The molecule has 1 aromatic carbocycles. The molecule has 0 radical (unpaired) electrons. The highest BCUT2D eigenvalue weighted by atomic mass is 19.1. The van der Waals surface area contributed by atoms with Crippen molar-refractivity contribution in [3.8, 4) is 0 Å². The van der Waals surface area contributed by atoms with Crippen molar-refractivity contribution in [3.63, 3.8) is 0 Å². The molecule has 108 valence electrons. The summed E-state index contributed by atoms with van der Waals surface area (Å²) in [6, 6.07) is 4.24. The van der Waals surface area contributed by atoms with E-state index in [1.54, 1.807) is 12.3 Å². The first kappa shape index (κ1) is 12.5. The lowest BCUT2D eigenvalue weighted by Gasteiger charge is -2.01. The molecule has 0 spiro atoms. The molecule has 22 heavy (non-hydrogen) atoms. The van der Waals surface area contributed by atoms with Crippen LogP contribution in [0, 0.1) is 5.82 Å². The molecule has 7 heteroatoms. The second kappa shape index (κ2) is 4.39. The van der Waals surface area contributed by atoms with Gasteiger partial charge in [-0.2, -0.15) is 0 Å². The fourth-order valence-corrected chi connectivity index (χ4v) is 2.66. The highest BCUT2D eigenvalue weighted by molar-refractivity contribution is 6.49. The summed E-state index contributed by atoms with van der Waals surface area (Å²) in [5.41, 5.74) is 1.99. The molecule has 3 aromatic rings. The zero-order valence-corrected chi connectivity index (χ0v) is 11.1. The summed E-state index contributed by atoms with van der Waals surface area (Å²) < 4.78 is 13.5. The minimum Gasteiger partial charge on any atom is -0.361 e. The van der Waals surface area contributed by atoms with Gasteiger partial charge in [-0.15, -0.1) is 0 Å². The quantitative estimate of drug-likeness (QED) is 0.627. The third-order valence-corrected chi connectivity index (χ3v) is 3.61. The van der Waals surface area contributed by atoms with Gasteiger partial charge in [0.15, 0.2) is 0 Å². The van der Waals surface area contributed by atoms with Crippen LogP contribution >= 0.6 is 0 Å². The van der Waals surface area contributed by atoms with Gasteiger partial charge in [-0.3, -0.25) is 14.9 Å². The number of imide groups is 1. The van der Waals surface area contributed by atoms with Crippen molar-refractivity contribution in [3.05, 3.63) is 54.0 Å². The number of fused-ring (bicyclic) bond motifs is 1. The Morgan fingerprint density at radius 3 is 2.64 bits per heavy atom. The Morgan fingerprint density at radius 1 is 1.05 bits per heavy atom. The summed E-state index contributed by atoms with van der Waals surface area (Å²) in [6.45, 7) is 0. The van der Waals surface area contributed by atoms with Gasteiger partial charge in [-0.05, 0) is 18.2 Å². The lowest BCUT2D eigenvalue weighted by atomic mass is 9.99. The summed E-state index contributed by atoms with van der Waals surface area (Å²) in [4.78, 5) is 33.9. The second-order valence-corrected chi connectivity index (χ2v) is 4.89. The van der Waals surface area contributed by atoms with Crippen LogP contribution in [0.25, 0.3) is 22.0 Å². The molecule has 4 rings (SSSR count). The van der Waals surface area contributed by atoms with E-state index in [4.69, 9.17) is 0 Å². The van der Waals surface area contributed by atoms with E-state index in [1.807, 2.05) is 0 Å². The molecular formula is C15H9FN4O2. The molecule has 3 heterocycles. The van der Waals surface area contributed by atoms with Crippen LogP contribution in [0.4, 0.5) is 4.39 Å². The summed E-state index contributed by atoms with van der Waals surface area (Å²) in [6.07, 6.45) is 4.47. The first-order valence-corrected chi connectivity index (χ1v) is 6.51. The van der Waals surface area contributed by atoms with E-state index in [9.17, 15) is 14.0 Å². The van der Waals surface area contributed by atoms with Crippen molar-refractivity contribution in [2.75, 3.05) is 0 Å². The number of carbonyl (C=O) groups excluding carboxylic acids is 2. The number of benzene rings is 1. The number of nitrogens with one attached hydrogen (secondary N) is 3. The van der Waals surface area contributed by atoms with Crippen molar-refractivity contribution < 1.29 is 14.0 Å². The number of halogens is 1. The minimum atomic E-state index is -0.514. The van der Waals surface area contributed by atoms with Gasteiger partial charge in [-0.1, -0.05) is 0 Å². The molecule has 0 unspecified atom stereocenters. The zero-order chi connectivity index (χ0) is 15.3. The summed E-state index contributed by atoms with van der Waals surface area (Å²) >= 11 is 0. The predicted molar refractivity (Wildman–Crippen MR) is 76.8 cm³/mol. The van der Waals surface area contributed by atoms with Crippen LogP contribution < -0.4 is 5.32 Å². The normalized spacial score (nSPS) is 15.0. The first-order chi connectivity index (χ1) is 10.6. The minimum absolute atomic E-state index is 0.200. The van der Waals surface area contributed by atoms with Crippen LogP contribution in [0.5, 0.6) is 0 Å². The molecule has 1 aliphatic rings. The molecule has 6 nitrogen and oxygen atoms in total. The molecule has 0 fully saturated rings. The van der Waals surface area contributed by atoms with Crippen molar-refractivity contribution in [1.29, 1.82) is 0 Å². The summed E-state index contributed by atoms with van der Waals surface area (Å²) in [7, 11) is 0. The highest BCUT2D eigenvalue weighted by Gasteiger charge is 2.34. The van der Waals surface area contributed by atoms with Crippen LogP contribution in [0.2, 0.25) is 0 Å². The van der Waals surface area contributed by atoms with Gasteiger partial charge in [0.05, 0.1) is 29.4 Å². The van der Waals surface area contributed by atoms with Crippen molar-refractivity contribution in [2.45, 2.75) is 0 Å². The Bertz CT molecular complexity index is 953. The molecule has 0 saturated heterocycles. The van der Waals surface area contributed by atoms with Gasteiger partial charge >= 0.3 is 0 Å². The first-order valence-electron chi connectivity index (χ1n) is 6.51. The molecule has 0 atom stereocenters. The number of imidazole rings is 1. The number of aromatic nitrogens is 3. The van der Waals surface area contributed by atoms with Gasteiger partial charge in [0.2, 0.25) is 0 Å². The standard InChI is InChI=1S/C15H9FN4O2/c16-7-1-2-10-8(3-7)9(4-18-10)12-13(11-5-17-6-19-11)15(22)20-14(12)21/h1-6,18H,(H,17,19)(H,20,21,22). The number of hydrogen-bond acceptors (Lipinski definition) is 3. The number of carbonyl (C=O) groups is 2. The number of amides is 2. The highest BCUT2D eigenvalue weighted by Crippen LogP contribution is 2.34. The molecular weight excluding hydrogens is 287 g/mol. The fourth-order valence-electron chi connectivity index (χ4n) is 2.66. The van der Waals surface area contributed by atoms with Gasteiger partial charge in [-0.25, -0.2) is 9.37 Å². The number of hydrogen-bond donors (Lipinski definition) is 3. The number of aromatic amines is 2. The lowest BCUT2D eigenvalue weighted by molar-refractivity contribution is -0.122. The zero-order valence-electron chi connectivity index (χ0n) is 11.1. The van der Waals surface area contributed by atoms with E-state index in [2.05, 4.69) is 20.3 Å². The Morgan fingerprint density at radius 2 is 1.86 bits per heavy atom. The maximum Gasteiger partial charge on any atom is 0.261 e. The largest absolute Gasteiger partial charge is 0.361 e. The maximum absolute atomic E-state index is 13.5. The molecule has 0 aliphatic carbocycles. The topological polar surface area (TPSA) is 90.6 Å². The van der Waals surface area contributed by atoms with Crippen molar-refractivity contribution in [1.82, 2.24) is 20.3 Å². The van der Waals surface area contributed by atoms with Crippen molar-refractivity contribution >= 4 is 33.9 Å². The van der Waals surface area contributed by atoms with Gasteiger partial charge < -0.3 is 9.97 Å². The van der Waals surface area contributed by atoms with Crippen LogP contribution in [0.15, 0.2) is 36.9 Å². The fraction of sp³-hybridized carbons (Fsp3) is 0. The van der Waals surface area contributed by atoms with Crippen LogP contribution in [0.3, 0.4) is 0 Å². The van der Waals surface area contributed by atoms with Crippen LogP contribution in [-0.4, -0.2) is 26.8 Å². The summed E-state index contributed by atoms with van der Waals surface area (Å²) in [5, 5.41) is 2.80. The molecule has 0 bridgehead atoms. The lowest BCUT2D eigenvalue weighted by Crippen LogP contribution is -2.22. The van der Waals surface area contributed by atoms with E-state index < -0.39 is 17.6 Å². The Balaban J connectivity index is 2.04. The summed E-state index contributed by atoms with van der Waals surface area (Å²) in [5.74, 6) is -1.43. The van der Waals surface area contributed by atoms with E-state index in [0.29, 0.717) is 22.2 Å². The molecule has 2 amide bonds. The van der Waals surface area contributed by atoms with Crippen LogP contribution in [-0.2, 0) is 9.59 Å². The monoisotopic (exact) mass is 296 g/mol. The van der Waals surface area contributed by atoms with E-state index in [-0.39, 0.29) is 11.1 Å². The molecule has 0 saturated carbocycles. The van der Waals surface area contributed by atoms with Crippen molar-refractivity contribution in [2.24, 2.45) is 0 Å². The Labute approximate surface area is 123 Å². The third kappa shape index (κ3) is 1.69. The van der Waals surface area contributed by atoms with E-state index >= 15 is 0 Å². The van der Waals surface area contributed by atoms with Gasteiger partial charge in [0.1, 0.15) is 5.82 Å². The van der Waals surface area contributed by atoms with Gasteiger partial charge in [0, 0.05) is 22.7 Å². The molecule has 2 aromatic heterocycles. The van der Waals surface area contributed by atoms with E-state index in [1.165, 1.54) is 24.7 Å². The van der Waals surface area contributed by atoms with E-state index in [0.717, 1.165) is 0 Å². The third-order valence-electron chi connectivity index (χ3n) is 3.61. The Hall–Kier alpha value is -3.22. The number of nitrogens with zero attached hydrogens (tertiary/aromatic N) is 1. The smallest absolute Gasteiger partial charge is 0.261 e. The molecule has 1 aliphatic heterocycles.